The first kappa shape index (κ1) is 21.4. The van der Waals surface area contributed by atoms with Gasteiger partial charge in [0.15, 0.2) is 5.82 Å². The Morgan fingerprint density at radius 3 is 2.38 bits per heavy atom. The summed E-state index contributed by atoms with van der Waals surface area (Å²) in [6, 6.07) is 22.1. The fourth-order valence-electron chi connectivity index (χ4n) is 3.82. The topological polar surface area (TPSA) is 89.3 Å². The van der Waals surface area contributed by atoms with E-state index in [2.05, 4.69) is 15.5 Å². The second-order valence-corrected chi connectivity index (χ2v) is 8.18. The number of nitrogens with zero attached hydrogens (tertiary/aromatic N) is 4. The third-order valence-electron chi connectivity index (χ3n) is 5.68. The quantitative estimate of drug-likeness (QED) is 0.469. The molecule has 1 aliphatic rings. The lowest BCUT2D eigenvalue weighted by molar-refractivity contribution is -0.122. The van der Waals surface area contributed by atoms with E-state index in [1.54, 1.807) is 35.2 Å². The van der Waals surface area contributed by atoms with Crippen molar-refractivity contribution in [1.29, 1.82) is 0 Å². The van der Waals surface area contributed by atoms with E-state index in [4.69, 9.17) is 4.74 Å². The van der Waals surface area contributed by atoms with Gasteiger partial charge in [0, 0.05) is 42.8 Å². The number of nitrogens with one attached hydrogen (secondary N) is 1. The number of benzene rings is 2. The summed E-state index contributed by atoms with van der Waals surface area (Å²) in [4.78, 5) is 26.9. The van der Waals surface area contributed by atoms with Gasteiger partial charge in [-0.2, -0.15) is 0 Å². The van der Waals surface area contributed by atoms with E-state index in [0.29, 0.717) is 29.7 Å². The van der Waals surface area contributed by atoms with Gasteiger partial charge in [-0.05, 0) is 61.5 Å². The Balaban J connectivity index is 1.18. The van der Waals surface area contributed by atoms with Crippen molar-refractivity contribution >= 4 is 23.2 Å². The first-order valence-corrected chi connectivity index (χ1v) is 11.0. The van der Waals surface area contributed by atoms with Crippen LogP contribution in [-0.4, -0.2) is 33.1 Å². The molecular weight excluding hydrogens is 430 g/mol. The summed E-state index contributed by atoms with van der Waals surface area (Å²) < 4.78 is 7.60. The molecule has 8 heteroatoms. The molecular formula is C26H23N5O3. The zero-order chi connectivity index (χ0) is 23.5. The van der Waals surface area contributed by atoms with Crippen molar-refractivity contribution in [2.45, 2.75) is 13.3 Å². The Morgan fingerprint density at radius 2 is 1.71 bits per heavy atom. The minimum absolute atomic E-state index is 0.0448. The molecule has 0 saturated carbocycles. The van der Waals surface area contributed by atoms with Crippen molar-refractivity contribution in [3.05, 3.63) is 90.8 Å². The van der Waals surface area contributed by atoms with Crippen LogP contribution in [0.15, 0.2) is 85.2 Å². The Kier molecular flexibility index (Phi) is 5.78. The Morgan fingerprint density at radius 1 is 0.971 bits per heavy atom. The van der Waals surface area contributed by atoms with Crippen molar-refractivity contribution in [3.63, 3.8) is 0 Å². The zero-order valence-electron chi connectivity index (χ0n) is 18.6. The van der Waals surface area contributed by atoms with Crippen LogP contribution in [0.5, 0.6) is 11.6 Å². The smallest absolute Gasteiger partial charge is 0.238 e. The second-order valence-electron chi connectivity index (χ2n) is 8.18. The maximum absolute atomic E-state index is 12.8. The van der Waals surface area contributed by atoms with Gasteiger partial charge in [-0.15, -0.1) is 10.2 Å². The van der Waals surface area contributed by atoms with Crippen molar-refractivity contribution < 1.29 is 14.3 Å². The molecule has 0 aliphatic carbocycles. The molecule has 0 radical (unpaired) electrons. The summed E-state index contributed by atoms with van der Waals surface area (Å²) in [7, 11) is 0. The molecule has 2 aromatic heterocycles. The number of hydrogen-bond donors (Lipinski definition) is 1. The summed E-state index contributed by atoms with van der Waals surface area (Å²) in [6.07, 6.45) is 3.97. The van der Waals surface area contributed by atoms with Crippen LogP contribution in [0.1, 0.15) is 12.0 Å². The highest BCUT2D eigenvalue weighted by molar-refractivity contribution is 6.03. The Bertz CT molecular complexity index is 1280. The predicted molar refractivity (Wildman–Crippen MR) is 128 cm³/mol. The summed E-state index contributed by atoms with van der Waals surface area (Å²) in [6.45, 7) is 2.36. The van der Waals surface area contributed by atoms with E-state index in [0.717, 1.165) is 11.3 Å². The molecule has 0 spiro atoms. The fourth-order valence-corrected chi connectivity index (χ4v) is 3.82. The normalized spacial score (nSPS) is 15.4. The number of aryl methyl sites for hydroxylation is 1. The largest absolute Gasteiger partial charge is 0.438 e. The van der Waals surface area contributed by atoms with Gasteiger partial charge < -0.3 is 19.5 Å². The predicted octanol–water partition coefficient (Wildman–Crippen LogP) is 4.36. The van der Waals surface area contributed by atoms with E-state index in [9.17, 15) is 9.59 Å². The number of ether oxygens (including phenoxy) is 1. The maximum Gasteiger partial charge on any atom is 0.238 e. The van der Waals surface area contributed by atoms with Gasteiger partial charge in [-0.3, -0.25) is 9.59 Å². The maximum atomic E-state index is 12.8. The number of rotatable bonds is 6. The number of carbonyl (C=O) groups is 2. The SMILES string of the molecule is Cc1ccc(N2CC(C(=O)Nc3ccc(Oc4ccc(-n5cccc5)nn4)cc3)CC2=O)cc1. The molecule has 1 saturated heterocycles. The molecule has 4 aromatic rings. The minimum Gasteiger partial charge on any atom is -0.438 e. The zero-order valence-corrected chi connectivity index (χ0v) is 18.6. The van der Waals surface area contributed by atoms with Crippen LogP contribution < -0.4 is 15.0 Å². The molecule has 34 heavy (non-hydrogen) atoms. The molecule has 0 bridgehead atoms. The molecule has 1 N–H and O–H groups in total. The van der Waals surface area contributed by atoms with E-state index in [-0.39, 0.29) is 18.2 Å². The van der Waals surface area contributed by atoms with Crippen molar-refractivity contribution in [1.82, 2.24) is 14.8 Å². The molecule has 1 atom stereocenters. The lowest BCUT2D eigenvalue weighted by Crippen LogP contribution is -2.28. The number of anilines is 2. The fraction of sp³-hybridized carbons (Fsp3) is 0.154. The monoisotopic (exact) mass is 453 g/mol. The van der Waals surface area contributed by atoms with Crippen molar-refractivity contribution in [2.24, 2.45) is 5.92 Å². The highest BCUT2D eigenvalue weighted by atomic mass is 16.5. The molecule has 1 unspecified atom stereocenters. The first-order valence-electron chi connectivity index (χ1n) is 11.0. The van der Waals surface area contributed by atoms with Crippen LogP contribution in [0.4, 0.5) is 11.4 Å². The third-order valence-corrected chi connectivity index (χ3v) is 5.68. The van der Waals surface area contributed by atoms with Crippen LogP contribution in [0.25, 0.3) is 5.82 Å². The standard InChI is InChI=1S/C26H23N5O3/c1-18-4-8-21(9-5-18)31-17-19(16-25(31)32)26(33)27-20-6-10-22(11-7-20)34-24-13-12-23(28-29-24)30-14-2-3-15-30/h2-15,19H,16-17H2,1H3,(H,27,33). The van der Waals surface area contributed by atoms with Gasteiger partial charge >= 0.3 is 0 Å². The van der Waals surface area contributed by atoms with Crippen molar-refractivity contribution in [2.75, 3.05) is 16.8 Å². The number of hydrogen-bond acceptors (Lipinski definition) is 5. The van der Waals surface area contributed by atoms with E-state index < -0.39 is 5.92 Å². The average molecular weight is 454 g/mol. The second kappa shape index (κ2) is 9.19. The van der Waals surface area contributed by atoms with Gasteiger partial charge in [0.1, 0.15) is 5.75 Å². The molecule has 170 valence electrons. The third kappa shape index (κ3) is 4.66. The average Bonchev–Trinajstić information content (AvgIpc) is 3.52. The van der Waals surface area contributed by atoms with Crippen LogP contribution in [0, 0.1) is 12.8 Å². The van der Waals surface area contributed by atoms with Gasteiger partial charge in [-0.25, -0.2) is 0 Å². The number of carbonyl (C=O) groups excluding carboxylic acids is 2. The molecule has 1 aliphatic heterocycles. The number of aromatic nitrogens is 3. The van der Waals surface area contributed by atoms with Crippen LogP contribution in [0.2, 0.25) is 0 Å². The highest BCUT2D eigenvalue weighted by Gasteiger charge is 2.35. The lowest BCUT2D eigenvalue weighted by Gasteiger charge is -2.17. The summed E-state index contributed by atoms with van der Waals surface area (Å²) >= 11 is 0. The number of amides is 2. The molecule has 8 nitrogen and oxygen atoms in total. The van der Waals surface area contributed by atoms with Crippen LogP contribution >= 0.6 is 0 Å². The summed E-state index contributed by atoms with van der Waals surface area (Å²) in [5.74, 6) is 1.01. The van der Waals surface area contributed by atoms with Crippen molar-refractivity contribution in [3.8, 4) is 17.4 Å². The highest BCUT2D eigenvalue weighted by Crippen LogP contribution is 2.27. The van der Waals surface area contributed by atoms with Gasteiger partial charge in [0.2, 0.25) is 17.7 Å². The van der Waals surface area contributed by atoms with Gasteiger partial charge in [-0.1, -0.05) is 17.7 Å². The van der Waals surface area contributed by atoms with Gasteiger partial charge in [0.25, 0.3) is 0 Å². The minimum atomic E-state index is -0.404. The molecule has 2 aromatic carbocycles. The Labute approximate surface area is 196 Å². The molecule has 3 heterocycles. The van der Waals surface area contributed by atoms with Gasteiger partial charge in [0.05, 0.1) is 5.92 Å². The van der Waals surface area contributed by atoms with E-state index in [1.807, 2.05) is 66.3 Å². The summed E-state index contributed by atoms with van der Waals surface area (Å²) in [5.41, 5.74) is 2.57. The van der Waals surface area contributed by atoms with Crippen LogP contribution in [0.3, 0.4) is 0 Å². The molecule has 1 fully saturated rings. The Hall–Kier alpha value is -4.46. The summed E-state index contributed by atoms with van der Waals surface area (Å²) in [5, 5.41) is 11.1. The van der Waals surface area contributed by atoms with E-state index in [1.165, 1.54) is 0 Å². The van der Waals surface area contributed by atoms with Crippen LogP contribution in [-0.2, 0) is 9.59 Å². The first-order chi connectivity index (χ1) is 16.5. The lowest BCUT2D eigenvalue weighted by atomic mass is 10.1. The molecule has 5 rings (SSSR count). The van der Waals surface area contributed by atoms with E-state index >= 15 is 0 Å². The molecule has 2 amide bonds.